The first-order valence-corrected chi connectivity index (χ1v) is 6.31. The zero-order valence-corrected chi connectivity index (χ0v) is 11.6. The Hall–Kier alpha value is -2.37. The molecule has 1 fully saturated rings. The molecule has 1 aliphatic rings. The van der Waals surface area contributed by atoms with Crippen LogP contribution in [0.15, 0.2) is 24.3 Å². The number of urea groups is 1. The maximum absolute atomic E-state index is 12.1. The average Bonchev–Trinajstić information content (AvgIpc) is 2.64. The van der Waals surface area contributed by atoms with Gasteiger partial charge >= 0.3 is 12.0 Å². The van der Waals surface area contributed by atoms with E-state index in [1.165, 1.54) is 11.9 Å². The van der Waals surface area contributed by atoms with Gasteiger partial charge in [-0.15, -0.1) is 0 Å². The van der Waals surface area contributed by atoms with Crippen LogP contribution in [0.3, 0.4) is 0 Å². The highest BCUT2D eigenvalue weighted by atomic mass is 16.5. The van der Waals surface area contributed by atoms with Crippen LogP contribution in [-0.4, -0.2) is 42.5 Å². The lowest BCUT2D eigenvalue weighted by Gasteiger charge is -2.20. The molecule has 6 heteroatoms. The summed E-state index contributed by atoms with van der Waals surface area (Å²) < 4.78 is 4.89. The number of nitrogens with zero attached hydrogens (tertiary/aromatic N) is 2. The zero-order valence-electron chi connectivity index (χ0n) is 11.6. The van der Waals surface area contributed by atoms with Crippen LogP contribution < -0.4 is 4.90 Å². The summed E-state index contributed by atoms with van der Waals surface area (Å²) >= 11 is 0. The van der Waals surface area contributed by atoms with E-state index in [2.05, 4.69) is 0 Å². The SMILES string of the molecule is CCOC(=O)C1C(=O)N(C)C(=O)N1c1ccc(C)cc1. The molecule has 0 radical (unpaired) electrons. The molecule has 0 spiro atoms. The molecule has 6 nitrogen and oxygen atoms in total. The zero-order chi connectivity index (χ0) is 14.9. The molecule has 1 unspecified atom stereocenters. The Morgan fingerprint density at radius 1 is 1.25 bits per heavy atom. The number of amides is 3. The Morgan fingerprint density at radius 2 is 1.85 bits per heavy atom. The molecule has 1 saturated heterocycles. The number of carbonyl (C=O) groups is 3. The molecule has 1 atom stereocenters. The smallest absolute Gasteiger partial charge is 0.339 e. The van der Waals surface area contributed by atoms with Gasteiger partial charge in [0.25, 0.3) is 5.91 Å². The molecule has 2 rings (SSSR count). The number of imide groups is 1. The topological polar surface area (TPSA) is 66.9 Å². The second-order valence-electron chi connectivity index (χ2n) is 4.54. The number of likely N-dealkylation sites (N-methyl/N-ethyl adjacent to an activating group) is 1. The largest absolute Gasteiger partial charge is 0.464 e. The van der Waals surface area contributed by atoms with Crippen molar-refractivity contribution in [3.63, 3.8) is 0 Å². The molecule has 1 aromatic carbocycles. The van der Waals surface area contributed by atoms with Crippen LogP contribution in [-0.2, 0) is 14.3 Å². The van der Waals surface area contributed by atoms with E-state index in [0.29, 0.717) is 5.69 Å². The number of benzene rings is 1. The molecule has 106 valence electrons. The van der Waals surface area contributed by atoms with Crippen LogP contribution >= 0.6 is 0 Å². The minimum atomic E-state index is -1.24. The second-order valence-corrected chi connectivity index (χ2v) is 4.54. The molecule has 0 aliphatic carbocycles. The normalized spacial score (nSPS) is 18.6. The van der Waals surface area contributed by atoms with Crippen molar-refractivity contribution in [3.05, 3.63) is 29.8 Å². The molecule has 3 amide bonds. The van der Waals surface area contributed by atoms with E-state index in [9.17, 15) is 14.4 Å². The van der Waals surface area contributed by atoms with Gasteiger partial charge in [0.05, 0.1) is 6.61 Å². The first kappa shape index (κ1) is 14.0. The van der Waals surface area contributed by atoms with Gasteiger partial charge in [0, 0.05) is 12.7 Å². The lowest BCUT2D eigenvalue weighted by atomic mass is 10.2. The molecule has 0 bridgehead atoms. The van der Waals surface area contributed by atoms with E-state index in [1.807, 2.05) is 19.1 Å². The molecule has 1 heterocycles. The summed E-state index contributed by atoms with van der Waals surface area (Å²) in [7, 11) is 1.35. The third-order valence-electron chi connectivity index (χ3n) is 3.14. The molecular weight excluding hydrogens is 260 g/mol. The van der Waals surface area contributed by atoms with Gasteiger partial charge in [-0.3, -0.25) is 14.6 Å². The number of hydrogen-bond donors (Lipinski definition) is 0. The lowest BCUT2D eigenvalue weighted by Crippen LogP contribution is -2.42. The van der Waals surface area contributed by atoms with Crippen LogP contribution in [0.4, 0.5) is 10.5 Å². The fourth-order valence-electron chi connectivity index (χ4n) is 2.05. The number of aryl methyl sites for hydroxylation is 1. The molecule has 0 aromatic heterocycles. The fourth-order valence-corrected chi connectivity index (χ4v) is 2.05. The van der Waals surface area contributed by atoms with Crippen LogP contribution in [0.2, 0.25) is 0 Å². The Balaban J connectivity index is 2.41. The van der Waals surface area contributed by atoms with Crippen molar-refractivity contribution in [1.29, 1.82) is 0 Å². The first-order chi connectivity index (χ1) is 9.47. The van der Waals surface area contributed by atoms with Crippen LogP contribution in [0, 0.1) is 6.92 Å². The summed E-state index contributed by atoms with van der Waals surface area (Å²) in [5, 5.41) is 0. The van der Waals surface area contributed by atoms with Crippen molar-refractivity contribution < 1.29 is 19.1 Å². The van der Waals surface area contributed by atoms with Crippen molar-refractivity contribution in [3.8, 4) is 0 Å². The third kappa shape index (κ3) is 2.24. The van der Waals surface area contributed by atoms with Gasteiger partial charge < -0.3 is 4.74 Å². The summed E-state index contributed by atoms with van der Waals surface area (Å²) in [5.74, 6) is -1.29. The molecule has 0 saturated carbocycles. The number of esters is 1. The summed E-state index contributed by atoms with van der Waals surface area (Å²) in [6, 6.07) is 5.26. The van der Waals surface area contributed by atoms with Gasteiger partial charge in [0.2, 0.25) is 6.04 Å². The molecule has 0 N–H and O–H groups in total. The van der Waals surface area contributed by atoms with Crippen molar-refractivity contribution in [2.45, 2.75) is 19.9 Å². The van der Waals surface area contributed by atoms with Crippen molar-refractivity contribution >= 4 is 23.6 Å². The maximum Gasteiger partial charge on any atom is 0.339 e. The standard InChI is InChI=1S/C14H16N2O4/c1-4-20-13(18)11-12(17)15(3)14(19)16(11)10-7-5-9(2)6-8-10/h5-8,11H,4H2,1-3H3. The van der Waals surface area contributed by atoms with Crippen molar-refractivity contribution in [2.24, 2.45) is 0 Å². The van der Waals surface area contributed by atoms with Crippen LogP contribution in [0.1, 0.15) is 12.5 Å². The van der Waals surface area contributed by atoms with Crippen LogP contribution in [0.5, 0.6) is 0 Å². The Morgan fingerprint density at radius 3 is 2.40 bits per heavy atom. The van der Waals surface area contributed by atoms with E-state index >= 15 is 0 Å². The lowest BCUT2D eigenvalue weighted by molar-refractivity contribution is -0.148. The molecular formula is C14H16N2O4. The van der Waals surface area contributed by atoms with E-state index in [4.69, 9.17) is 4.74 Å². The Kier molecular flexibility index (Phi) is 3.74. The minimum Gasteiger partial charge on any atom is -0.464 e. The number of carbonyl (C=O) groups excluding carboxylic acids is 3. The van der Waals surface area contributed by atoms with Gasteiger partial charge in [0.1, 0.15) is 0 Å². The van der Waals surface area contributed by atoms with E-state index in [0.717, 1.165) is 10.5 Å². The van der Waals surface area contributed by atoms with Gasteiger partial charge in [0.15, 0.2) is 0 Å². The third-order valence-corrected chi connectivity index (χ3v) is 3.14. The Labute approximate surface area is 116 Å². The number of ether oxygens (including phenoxy) is 1. The number of anilines is 1. The Bertz CT molecular complexity index is 553. The van der Waals surface area contributed by atoms with Crippen molar-refractivity contribution in [2.75, 3.05) is 18.6 Å². The predicted molar refractivity (Wildman–Crippen MR) is 72.2 cm³/mol. The maximum atomic E-state index is 12.1. The highest BCUT2D eigenvalue weighted by Gasteiger charge is 2.49. The highest BCUT2D eigenvalue weighted by Crippen LogP contribution is 2.26. The van der Waals surface area contributed by atoms with Gasteiger partial charge in [-0.05, 0) is 26.0 Å². The van der Waals surface area contributed by atoms with E-state index < -0.39 is 23.9 Å². The molecule has 20 heavy (non-hydrogen) atoms. The highest BCUT2D eigenvalue weighted by molar-refractivity contribution is 6.22. The molecule has 1 aromatic rings. The monoisotopic (exact) mass is 276 g/mol. The van der Waals surface area contributed by atoms with E-state index in [1.54, 1.807) is 19.1 Å². The summed E-state index contributed by atoms with van der Waals surface area (Å²) in [6.45, 7) is 3.72. The van der Waals surface area contributed by atoms with Crippen LogP contribution in [0.25, 0.3) is 0 Å². The predicted octanol–water partition coefficient (Wildman–Crippen LogP) is 1.33. The van der Waals surface area contributed by atoms with Gasteiger partial charge in [-0.2, -0.15) is 0 Å². The molecule has 1 aliphatic heterocycles. The van der Waals surface area contributed by atoms with E-state index in [-0.39, 0.29) is 6.61 Å². The quantitative estimate of drug-likeness (QED) is 0.474. The summed E-state index contributed by atoms with van der Waals surface area (Å²) in [5.41, 5.74) is 1.52. The number of rotatable bonds is 3. The average molecular weight is 276 g/mol. The summed E-state index contributed by atoms with van der Waals surface area (Å²) in [6.07, 6.45) is 0. The fraction of sp³-hybridized carbons (Fsp3) is 0.357. The number of hydrogen-bond acceptors (Lipinski definition) is 4. The summed E-state index contributed by atoms with van der Waals surface area (Å²) in [4.78, 5) is 38.2. The van der Waals surface area contributed by atoms with Gasteiger partial charge in [-0.1, -0.05) is 17.7 Å². The first-order valence-electron chi connectivity index (χ1n) is 6.31. The van der Waals surface area contributed by atoms with Gasteiger partial charge in [-0.25, -0.2) is 9.59 Å². The minimum absolute atomic E-state index is 0.155. The second kappa shape index (κ2) is 5.32. The van der Waals surface area contributed by atoms with Crippen molar-refractivity contribution in [1.82, 2.24) is 4.90 Å².